The number of benzene rings is 2. The lowest BCUT2D eigenvalue weighted by Crippen LogP contribution is -2.58. The number of nitrogens with zero attached hydrogens (tertiary/aromatic N) is 2. The first-order valence-electron chi connectivity index (χ1n) is 8.39. The van der Waals surface area contributed by atoms with Crippen LogP contribution in [0.25, 0.3) is 0 Å². The van der Waals surface area contributed by atoms with Crippen LogP contribution in [0.2, 0.25) is 0 Å². The Morgan fingerprint density at radius 3 is 2.60 bits per heavy atom. The highest BCUT2D eigenvalue weighted by Crippen LogP contribution is 2.24. The zero-order valence-corrected chi connectivity index (χ0v) is 14.5. The first-order valence-corrected chi connectivity index (χ1v) is 8.39. The van der Waals surface area contributed by atoms with E-state index >= 15 is 0 Å². The highest BCUT2D eigenvalue weighted by Gasteiger charge is 2.34. The molecule has 1 fully saturated rings. The second-order valence-corrected chi connectivity index (χ2v) is 6.12. The van der Waals surface area contributed by atoms with Gasteiger partial charge in [-0.2, -0.15) is 0 Å². The molecule has 0 radical (unpaired) electrons. The van der Waals surface area contributed by atoms with Crippen LogP contribution in [0.3, 0.4) is 0 Å². The Morgan fingerprint density at radius 2 is 1.88 bits per heavy atom. The average Bonchev–Trinajstić information content (AvgIpc) is 2.64. The summed E-state index contributed by atoms with van der Waals surface area (Å²) in [6.45, 7) is 2.80. The van der Waals surface area contributed by atoms with E-state index in [0.29, 0.717) is 25.3 Å². The highest BCUT2D eigenvalue weighted by molar-refractivity contribution is 6.00. The summed E-state index contributed by atoms with van der Waals surface area (Å²) in [7, 11) is 1.60. The van der Waals surface area contributed by atoms with E-state index in [1.54, 1.807) is 23.8 Å². The summed E-state index contributed by atoms with van der Waals surface area (Å²) in [5.41, 5.74) is 1.76. The number of methoxy groups -OCH3 is 1. The number of hydrogen-bond acceptors (Lipinski definition) is 3. The molecule has 2 aromatic carbocycles. The molecular weight excluding hydrogens is 316 g/mol. The van der Waals surface area contributed by atoms with Crippen LogP contribution in [0.1, 0.15) is 12.5 Å². The van der Waals surface area contributed by atoms with Crippen LogP contribution in [0.15, 0.2) is 54.6 Å². The van der Waals surface area contributed by atoms with Crippen LogP contribution in [-0.4, -0.2) is 43.0 Å². The molecule has 0 N–H and O–H groups in total. The monoisotopic (exact) mass is 338 g/mol. The molecule has 1 aliphatic rings. The average molecular weight is 338 g/mol. The Morgan fingerprint density at radius 1 is 1.12 bits per heavy atom. The van der Waals surface area contributed by atoms with Gasteiger partial charge in [-0.25, -0.2) is 0 Å². The molecule has 1 atom stereocenters. The predicted octanol–water partition coefficient (Wildman–Crippen LogP) is 2.50. The van der Waals surface area contributed by atoms with Crippen LogP contribution in [0, 0.1) is 0 Å². The zero-order valence-electron chi connectivity index (χ0n) is 14.5. The van der Waals surface area contributed by atoms with Crippen LogP contribution >= 0.6 is 0 Å². The largest absolute Gasteiger partial charge is 0.497 e. The maximum Gasteiger partial charge on any atom is 0.249 e. The van der Waals surface area contributed by atoms with E-state index in [-0.39, 0.29) is 11.8 Å². The predicted molar refractivity (Wildman–Crippen MR) is 96.7 cm³/mol. The third-order valence-corrected chi connectivity index (χ3v) is 4.54. The molecule has 1 saturated heterocycles. The van der Waals surface area contributed by atoms with E-state index in [1.165, 1.54) is 0 Å². The standard InChI is InChI=1S/C20H22N2O3/c1-15-20(24)22(17-9-6-10-18(14-17)25-2)12-11-21(15)19(23)13-16-7-4-3-5-8-16/h3-10,14-15H,11-13H2,1-2H3/t15-/m0/s1. The van der Waals surface area contributed by atoms with Crippen LogP contribution in [-0.2, 0) is 16.0 Å². The fourth-order valence-corrected chi connectivity index (χ4v) is 3.12. The molecule has 0 aliphatic carbocycles. The molecule has 0 bridgehead atoms. The van der Waals surface area contributed by atoms with Crippen molar-refractivity contribution >= 4 is 17.5 Å². The summed E-state index contributed by atoms with van der Waals surface area (Å²) in [5, 5.41) is 0. The van der Waals surface area contributed by atoms with Gasteiger partial charge < -0.3 is 14.5 Å². The van der Waals surface area contributed by atoms with Crippen LogP contribution < -0.4 is 9.64 Å². The van der Waals surface area contributed by atoms with Gasteiger partial charge in [0.2, 0.25) is 11.8 Å². The molecule has 2 amide bonds. The molecular formula is C20H22N2O3. The molecule has 2 aromatic rings. The minimum Gasteiger partial charge on any atom is -0.497 e. The van der Waals surface area contributed by atoms with Gasteiger partial charge in [0.15, 0.2) is 0 Å². The fourth-order valence-electron chi connectivity index (χ4n) is 3.12. The lowest BCUT2D eigenvalue weighted by Gasteiger charge is -2.39. The lowest BCUT2D eigenvalue weighted by atomic mass is 10.1. The SMILES string of the molecule is COc1cccc(N2CCN(C(=O)Cc3ccccc3)[C@@H](C)C2=O)c1. The van der Waals surface area contributed by atoms with Crippen molar-refractivity contribution in [3.05, 3.63) is 60.2 Å². The Kier molecular flexibility index (Phi) is 5.03. The van der Waals surface area contributed by atoms with Gasteiger partial charge in [0.25, 0.3) is 0 Å². The number of carbonyl (C=O) groups excluding carboxylic acids is 2. The topological polar surface area (TPSA) is 49.9 Å². The third kappa shape index (κ3) is 3.65. The van der Waals surface area contributed by atoms with E-state index in [1.807, 2.05) is 54.6 Å². The van der Waals surface area contributed by atoms with E-state index in [2.05, 4.69) is 0 Å². The van der Waals surface area contributed by atoms with Gasteiger partial charge >= 0.3 is 0 Å². The summed E-state index contributed by atoms with van der Waals surface area (Å²) in [6.07, 6.45) is 0.317. The van der Waals surface area contributed by atoms with Crippen molar-refractivity contribution in [2.75, 3.05) is 25.1 Å². The first-order chi connectivity index (χ1) is 12.1. The maximum atomic E-state index is 12.8. The van der Waals surface area contributed by atoms with Crippen molar-refractivity contribution in [1.82, 2.24) is 4.90 Å². The molecule has 0 spiro atoms. The minimum atomic E-state index is -0.476. The van der Waals surface area contributed by atoms with Crippen molar-refractivity contribution in [3.8, 4) is 5.75 Å². The van der Waals surface area contributed by atoms with Gasteiger partial charge in [0.05, 0.1) is 13.5 Å². The smallest absolute Gasteiger partial charge is 0.249 e. The van der Waals surface area contributed by atoms with Crippen molar-refractivity contribution in [3.63, 3.8) is 0 Å². The fraction of sp³-hybridized carbons (Fsp3) is 0.300. The van der Waals surface area contributed by atoms with Crippen molar-refractivity contribution in [2.24, 2.45) is 0 Å². The van der Waals surface area contributed by atoms with Crippen molar-refractivity contribution < 1.29 is 14.3 Å². The zero-order chi connectivity index (χ0) is 17.8. The molecule has 5 nitrogen and oxygen atoms in total. The molecule has 3 rings (SSSR count). The van der Waals surface area contributed by atoms with Gasteiger partial charge in [-0.15, -0.1) is 0 Å². The molecule has 25 heavy (non-hydrogen) atoms. The summed E-state index contributed by atoms with van der Waals surface area (Å²) >= 11 is 0. The third-order valence-electron chi connectivity index (χ3n) is 4.54. The Hall–Kier alpha value is -2.82. The molecule has 0 unspecified atom stereocenters. The lowest BCUT2D eigenvalue weighted by molar-refractivity contribution is -0.140. The molecule has 0 aromatic heterocycles. The van der Waals surface area contributed by atoms with Crippen LogP contribution in [0.4, 0.5) is 5.69 Å². The number of carbonyl (C=O) groups is 2. The highest BCUT2D eigenvalue weighted by atomic mass is 16.5. The summed E-state index contributed by atoms with van der Waals surface area (Å²) < 4.78 is 5.23. The second kappa shape index (κ2) is 7.38. The molecule has 5 heteroatoms. The van der Waals surface area contributed by atoms with Gasteiger partial charge in [-0.1, -0.05) is 36.4 Å². The Bertz CT molecular complexity index is 761. The minimum absolute atomic E-state index is 0.0163. The van der Waals surface area contributed by atoms with Gasteiger partial charge in [0, 0.05) is 24.8 Å². The van der Waals surface area contributed by atoms with E-state index in [4.69, 9.17) is 4.74 Å². The number of hydrogen-bond donors (Lipinski definition) is 0. The van der Waals surface area contributed by atoms with E-state index in [0.717, 1.165) is 11.3 Å². The number of rotatable bonds is 4. The second-order valence-electron chi connectivity index (χ2n) is 6.12. The Balaban J connectivity index is 1.71. The number of anilines is 1. The maximum absolute atomic E-state index is 12.8. The number of amides is 2. The molecule has 1 aliphatic heterocycles. The van der Waals surface area contributed by atoms with Crippen LogP contribution in [0.5, 0.6) is 5.75 Å². The van der Waals surface area contributed by atoms with E-state index < -0.39 is 6.04 Å². The number of piperazine rings is 1. The molecule has 130 valence electrons. The van der Waals surface area contributed by atoms with Gasteiger partial charge in [-0.05, 0) is 24.6 Å². The van der Waals surface area contributed by atoms with E-state index in [9.17, 15) is 9.59 Å². The summed E-state index contributed by atoms with van der Waals surface area (Å²) in [6, 6.07) is 16.6. The molecule has 1 heterocycles. The first kappa shape index (κ1) is 17.0. The normalized spacial score (nSPS) is 17.5. The summed E-state index contributed by atoms with van der Waals surface area (Å²) in [4.78, 5) is 28.8. The van der Waals surface area contributed by atoms with Crippen molar-refractivity contribution in [2.45, 2.75) is 19.4 Å². The summed E-state index contributed by atoms with van der Waals surface area (Å²) in [5.74, 6) is 0.624. The number of ether oxygens (including phenoxy) is 1. The van der Waals surface area contributed by atoms with Gasteiger partial charge in [-0.3, -0.25) is 9.59 Å². The van der Waals surface area contributed by atoms with Gasteiger partial charge in [0.1, 0.15) is 11.8 Å². The Labute approximate surface area is 147 Å². The van der Waals surface area contributed by atoms with Crippen molar-refractivity contribution in [1.29, 1.82) is 0 Å². The quantitative estimate of drug-likeness (QED) is 0.861. The molecule has 0 saturated carbocycles.